The highest BCUT2D eigenvalue weighted by atomic mass is 32.2. The maximum absolute atomic E-state index is 13.5. The molecule has 1 N–H and O–H groups in total. The highest BCUT2D eigenvalue weighted by Gasteiger charge is 2.12. The molecule has 0 fully saturated rings. The summed E-state index contributed by atoms with van der Waals surface area (Å²) < 4.78 is 19.2. The lowest BCUT2D eigenvalue weighted by Gasteiger charge is -2.23. The number of thiol groups is 1. The van der Waals surface area contributed by atoms with E-state index in [4.69, 9.17) is 4.74 Å². The summed E-state index contributed by atoms with van der Waals surface area (Å²) in [5.41, 5.74) is 0. The number of hydrogen-bond acceptors (Lipinski definition) is 2. The lowest BCUT2D eigenvalue weighted by atomic mass is 10.3. The van der Waals surface area contributed by atoms with E-state index in [-0.39, 0.29) is 5.75 Å². The van der Waals surface area contributed by atoms with Gasteiger partial charge in [-0.15, -0.1) is 0 Å². The minimum atomic E-state index is -0.703. The summed E-state index contributed by atoms with van der Waals surface area (Å²) in [5, 5.41) is 9.30. The quantitative estimate of drug-likeness (QED) is 0.367. The zero-order valence-corrected chi connectivity index (χ0v) is 15.9. The van der Waals surface area contributed by atoms with Gasteiger partial charge in [-0.3, -0.25) is 0 Å². The number of halogens is 1. The molecular weight excluding hydrogens is 371 g/mol. The topological polar surface area (TPSA) is 29.5 Å². The normalized spacial score (nSPS) is 11.1. The molecule has 0 saturated heterocycles. The third-order valence-corrected chi connectivity index (χ3v) is 6.72. The molecule has 2 nitrogen and oxygen atoms in total. The highest BCUT2D eigenvalue weighted by molar-refractivity contribution is 8.17. The summed E-state index contributed by atoms with van der Waals surface area (Å²) in [5.74, 6) is -0.133. The second-order valence-corrected chi connectivity index (χ2v) is 8.44. The van der Waals surface area contributed by atoms with E-state index in [0.717, 1.165) is 0 Å². The molecule has 0 saturated carbocycles. The predicted molar refractivity (Wildman–Crippen MR) is 111 cm³/mol. The Kier molecular flexibility index (Phi) is 5.31. The number of aromatic hydroxyl groups is 1. The number of hydrogen-bond donors (Lipinski definition) is 2. The Morgan fingerprint density at radius 1 is 0.607 bits per heavy atom. The van der Waals surface area contributed by atoms with Gasteiger partial charge in [-0.2, -0.15) is 10.9 Å². The van der Waals surface area contributed by atoms with Gasteiger partial charge in [0.05, 0.1) is 0 Å². The molecule has 0 bridgehead atoms. The fourth-order valence-electron chi connectivity index (χ4n) is 2.95. The van der Waals surface area contributed by atoms with Crippen LogP contribution in [-0.4, -0.2) is 5.11 Å². The molecule has 4 heteroatoms. The van der Waals surface area contributed by atoms with E-state index in [9.17, 15) is 9.50 Å². The van der Waals surface area contributed by atoms with Crippen molar-refractivity contribution in [3.63, 3.8) is 0 Å². The molecule has 0 amide bonds. The Morgan fingerprint density at radius 2 is 1.11 bits per heavy atom. The average molecular weight is 390 g/mol. The van der Waals surface area contributed by atoms with Crippen molar-refractivity contribution in [2.24, 2.45) is 0 Å². The van der Waals surface area contributed by atoms with Gasteiger partial charge in [-0.1, -0.05) is 36.4 Å². The van der Waals surface area contributed by atoms with Gasteiger partial charge in [-0.25, -0.2) is 4.39 Å². The molecule has 28 heavy (non-hydrogen) atoms. The van der Waals surface area contributed by atoms with Crippen LogP contribution >= 0.6 is 10.9 Å². The number of rotatable bonds is 5. The summed E-state index contributed by atoms with van der Waals surface area (Å²) in [6, 6.07) is 32.8. The third-order valence-electron chi connectivity index (χ3n) is 4.28. The lowest BCUT2D eigenvalue weighted by Crippen LogP contribution is -1.89. The molecule has 0 spiro atoms. The fourth-order valence-corrected chi connectivity index (χ4v) is 5.23. The second-order valence-electron chi connectivity index (χ2n) is 6.22. The van der Waals surface area contributed by atoms with E-state index < -0.39 is 16.7 Å². The van der Waals surface area contributed by atoms with Crippen LogP contribution in [0.4, 0.5) is 4.39 Å². The molecule has 0 aliphatic rings. The first-order chi connectivity index (χ1) is 13.7. The molecule has 0 unspecified atom stereocenters. The predicted octanol–water partition coefficient (Wildman–Crippen LogP) is 6.80. The van der Waals surface area contributed by atoms with E-state index >= 15 is 0 Å². The van der Waals surface area contributed by atoms with Gasteiger partial charge < -0.3 is 9.84 Å². The Labute approximate surface area is 166 Å². The van der Waals surface area contributed by atoms with Crippen LogP contribution in [-0.2, 0) is 0 Å². The van der Waals surface area contributed by atoms with Crippen LogP contribution < -0.4 is 4.74 Å². The molecule has 0 aromatic heterocycles. The first kappa shape index (κ1) is 18.1. The molecule has 4 rings (SSSR count). The van der Waals surface area contributed by atoms with Gasteiger partial charge in [0, 0.05) is 6.07 Å². The molecule has 0 atom stereocenters. The van der Waals surface area contributed by atoms with Gasteiger partial charge in [0.2, 0.25) is 0 Å². The van der Waals surface area contributed by atoms with Gasteiger partial charge in [0.15, 0.2) is 11.6 Å². The van der Waals surface area contributed by atoms with Gasteiger partial charge >= 0.3 is 0 Å². The zero-order valence-electron chi connectivity index (χ0n) is 15.0. The highest BCUT2D eigenvalue weighted by Crippen LogP contribution is 2.51. The summed E-state index contributed by atoms with van der Waals surface area (Å²) >= 11 is 0. The van der Waals surface area contributed by atoms with Crippen LogP contribution in [0.2, 0.25) is 0 Å². The number of phenols is 1. The van der Waals surface area contributed by atoms with E-state index in [0.29, 0.717) is 11.5 Å². The van der Waals surface area contributed by atoms with E-state index in [2.05, 4.69) is 60.7 Å². The molecule has 0 aliphatic heterocycles. The average Bonchev–Trinajstić information content (AvgIpc) is 2.74. The fraction of sp³-hybridized carbons (Fsp3) is 0. The molecule has 140 valence electrons. The Balaban J connectivity index is 1.64. The Hall–Kier alpha value is -3.24. The maximum atomic E-state index is 13.5. The minimum absolute atomic E-state index is 0.344. The van der Waals surface area contributed by atoms with Crippen molar-refractivity contribution in [2.45, 2.75) is 14.7 Å². The molecule has 0 aliphatic carbocycles. The summed E-state index contributed by atoms with van der Waals surface area (Å²) in [4.78, 5) is 3.76. The van der Waals surface area contributed by atoms with Crippen molar-refractivity contribution in [1.29, 1.82) is 0 Å². The van der Waals surface area contributed by atoms with Crippen LogP contribution in [0.3, 0.4) is 0 Å². The molecule has 0 heterocycles. The maximum Gasteiger partial charge on any atom is 0.168 e. The van der Waals surface area contributed by atoms with Crippen LogP contribution in [0, 0.1) is 5.82 Å². The van der Waals surface area contributed by atoms with Crippen molar-refractivity contribution in [2.75, 3.05) is 0 Å². The molecule has 0 radical (unpaired) electrons. The van der Waals surface area contributed by atoms with E-state index in [1.165, 1.54) is 32.9 Å². The van der Waals surface area contributed by atoms with Crippen LogP contribution in [0.5, 0.6) is 17.2 Å². The molecular formula is C24H19FO2S. The summed E-state index contributed by atoms with van der Waals surface area (Å²) in [6.07, 6.45) is 0. The lowest BCUT2D eigenvalue weighted by molar-refractivity contribution is 0.423. The molecule has 4 aromatic carbocycles. The summed E-state index contributed by atoms with van der Waals surface area (Å²) in [6.45, 7) is 0. The third kappa shape index (κ3) is 4.02. The largest absolute Gasteiger partial charge is 0.505 e. The number of phenolic OH excluding ortho intramolecular Hbond substituents is 1. The SMILES string of the molecule is Oc1ccc(Oc2ccc([SH](c3ccccc3)c3ccccc3)cc2)cc1F. The molecule has 4 aromatic rings. The number of benzene rings is 4. The van der Waals surface area contributed by atoms with E-state index in [1.807, 2.05) is 24.3 Å². The summed E-state index contributed by atoms with van der Waals surface area (Å²) in [7, 11) is -0.676. The van der Waals surface area contributed by atoms with Crippen molar-refractivity contribution in [3.8, 4) is 17.2 Å². The van der Waals surface area contributed by atoms with Crippen LogP contribution in [0.25, 0.3) is 0 Å². The van der Waals surface area contributed by atoms with Crippen molar-refractivity contribution in [1.82, 2.24) is 0 Å². The van der Waals surface area contributed by atoms with E-state index in [1.54, 1.807) is 0 Å². The van der Waals surface area contributed by atoms with Crippen LogP contribution in [0.15, 0.2) is 118 Å². The first-order valence-electron chi connectivity index (χ1n) is 8.87. The van der Waals surface area contributed by atoms with Crippen molar-refractivity contribution in [3.05, 3.63) is 109 Å². The van der Waals surface area contributed by atoms with Crippen LogP contribution in [0.1, 0.15) is 0 Å². The monoisotopic (exact) mass is 390 g/mol. The van der Waals surface area contributed by atoms with Crippen molar-refractivity contribution < 1.29 is 14.2 Å². The van der Waals surface area contributed by atoms with Gasteiger partial charge in [0.25, 0.3) is 0 Å². The van der Waals surface area contributed by atoms with Gasteiger partial charge in [0.1, 0.15) is 11.5 Å². The zero-order chi connectivity index (χ0) is 19.3. The van der Waals surface area contributed by atoms with Gasteiger partial charge in [-0.05, 0) is 75.4 Å². The smallest absolute Gasteiger partial charge is 0.168 e. The Bertz CT molecular complexity index is 1010. The Morgan fingerprint density at radius 3 is 1.64 bits per heavy atom. The minimum Gasteiger partial charge on any atom is -0.505 e. The first-order valence-corrected chi connectivity index (χ1v) is 10.2. The number of ether oxygens (including phenoxy) is 1. The standard InChI is InChI=1S/C24H19FO2S/c25-23-17-19(13-16-24(23)26)27-18-11-14-22(15-12-18)28(20-7-3-1-4-8-20)21-9-5-2-6-10-21/h1-17,26,28H. The van der Waals surface area contributed by atoms with Crippen molar-refractivity contribution >= 4 is 10.9 Å². The second kappa shape index (κ2) is 8.19.